The van der Waals surface area contributed by atoms with Crippen LogP contribution in [-0.4, -0.2) is 16.8 Å². The van der Waals surface area contributed by atoms with Gasteiger partial charge in [0.1, 0.15) is 0 Å². The van der Waals surface area contributed by atoms with Gasteiger partial charge in [-0.3, -0.25) is 0 Å². The third-order valence-electron chi connectivity index (χ3n) is 2.27. The van der Waals surface area contributed by atoms with Gasteiger partial charge >= 0.3 is 58.4 Å². The normalized spacial score (nSPS) is 16.6. The van der Waals surface area contributed by atoms with Gasteiger partial charge in [-0.2, -0.15) is 5.10 Å². The van der Waals surface area contributed by atoms with Crippen LogP contribution in [0.15, 0.2) is 6.07 Å². The Morgan fingerprint density at radius 2 is 2.00 bits per heavy atom. The Balaban J connectivity index is 0.000000980. The molecule has 0 atom stereocenters. The number of aromatic nitrogens is 2. The Bertz CT molecular complexity index is 332. The van der Waals surface area contributed by atoms with Gasteiger partial charge in [0.25, 0.3) is 0 Å². The van der Waals surface area contributed by atoms with Crippen LogP contribution in [0.2, 0.25) is 0 Å². The van der Waals surface area contributed by atoms with Crippen LogP contribution in [0.5, 0.6) is 0 Å². The summed E-state index contributed by atoms with van der Waals surface area (Å²) in [6.07, 6.45) is 1.95. The number of hydrogen-bond donors (Lipinski definition) is 0. The SMILES string of the molecule is Cn1nc(C2CC2)cc1[B-](F)(F)F.[K+]. The predicted octanol–water partition coefficient (Wildman–Crippen LogP) is -1.64. The molecule has 0 aromatic carbocycles. The van der Waals surface area contributed by atoms with Gasteiger partial charge in [-0.25, -0.2) is 0 Å². The van der Waals surface area contributed by atoms with Gasteiger partial charge in [0.2, 0.25) is 0 Å². The molecule has 0 amide bonds. The van der Waals surface area contributed by atoms with Gasteiger partial charge in [-0.05, 0) is 24.5 Å². The molecule has 1 heterocycles. The van der Waals surface area contributed by atoms with Gasteiger partial charge in [0.15, 0.2) is 0 Å². The second-order valence-corrected chi connectivity index (χ2v) is 3.47. The van der Waals surface area contributed by atoms with Crippen molar-refractivity contribution in [2.24, 2.45) is 7.05 Å². The molecule has 1 fully saturated rings. The molecule has 0 spiro atoms. The zero-order valence-electron chi connectivity index (χ0n) is 8.17. The Hall–Kier alpha value is 0.701. The maximum absolute atomic E-state index is 12.3. The number of hydrogen-bond acceptors (Lipinski definition) is 1. The molecule has 2 rings (SSSR count). The van der Waals surface area contributed by atoms with Crippen molar-refractivity contribution in [1.82, 2.24) is 9.78 Å². The first-order valence-electron chi connectivity index (χ1n) is 4.22. The fraction of sp³-hybridized carbons (Fsp3) is 0.571. The van der Waals surface area contributed by atoms with E-state index in [9.17, 15) is 12.9 Å². The second-order valence-electron chi connectivity index (χ2n) is 3.47. The topological polar surface area (TPSA) is 17.8 Å². The van der Waals surface area contributed by atoms with E-state index in [1.807, 2.05) is 0 Å². The molecule has 1 aliphatic rings. The third-order valence-corrected chi connectivity index (χ3v) is 2.27. The first-order valence-corrected chi connectivity index (χ1v) is 4.22. The van der Waals surface area contributed by atoms with Gasteiger partial charge in [0, 0.05) is 13.0 Å². The Morgan fingerprint density at radius 3 is 2.36 bits per heavy atom. The molecule has 0 aliphatic heterocycles. The van der Waals surface area contributed by atoms with Crippen molar-refractivity contribution < 1.29 is 64.3 Å². The van der Waals surface area contributed by atoms with E-state index >= 15 is 0 Å². The predicted molar refractivity (Wildman–Crippen MR) is 43.9 cm³/mol. The fourth-order valence-electron chi connectivity index (χ4n) is 1.39. The van der Waals surface area contributed by atoms with Crippen LogP contribution < -0.4 is 57.0 Å². The molecule has 0 N–H and O–H groups in total. The van der Waals surface area contributed by atoms with E-state index in [0.29, 0.717) is 5.69 Å². The molecular formula is C7H9BF3KN2. The van der Waals surface area contributed by atoms with Gasteiger partial charge < -0.3 is 17.6 Å². The van der Waals surface area contributed by atoms with Crippen LogP contribution in [-0.2, 0) is 7.05 Å². The Labute approximate surface area is 123 Å². The van der Waals surface area contributed by atoms with E-state index < -0.39 is 12.6 Å². The summed E-state index contributed by atoms with van der Waals surface area (Å²) in [5.41, 5.74) is -0.00130. The van der Waals surface area contributed by atoms with Crippen LogP contribution in [0.25, 0.3) is 0 Å². The molecule has 1 saturated carbocycles. The standard InChI is InChI=1S/C7H9BF3N2.K/c1-13-7(8(9,10)11)4-6(12-13)5-2-3-5;/h4-5H,2-3H2,1H3;/q-1;+1. The van der Waals surface area contributed by atoms with E-state index in [2.05, 4.69) is 5.10 Å². The number of aryl methyl sites for hydroxylation is 1. The molecule has 2 nitrogen and oxygen atoms in total. The monoisotopic (exact) mass is 228 g/mol. The minimum Gasteiger partial charge on any atom is -0.444 e. The third kappa shape index (κ3) is 2.63. The number of nitrogens with zero attached hydrogens (tertiary/aromatic N) is 2. The van der Waals surface area contributed by atoms with Gasteiger partial charge in [-0.1, -0.05) is 0 Å². The maximum Gasteiger partial charge on any atom is 1.00 e. The molecule has 1 aliphatic carbocycles. The van der Waals surface area contributed by atoms with Crippen LogP contribution >= 0.6 is 0 Å². The molecule has 0 unspecified atom stereocenters. The first kappa shape index (κ1) is 12.8. The van der Waals surface area contributed by atoms with Crippen molar-refractivity contribution in [3.8, 4) is 0 Å². The van der Waals surface area contributed by atoms with E-state index in [-0.39, 0.29) is 57.3 Å². The summed E-state index contributed by atoms with van der Waals surface area (Å²) in [7, 11) is 1.34. The van der Waals surface area contributed by atoms with Crippen molar-refractivity contribution in [3.05, 3.63) is 11.8 Å². The van der Waals surface area contributed by atoms with Crippen LogP contribution in [0.1, 0.15) is 24.5 Å². The number of halogens is 3. The van der Waals surface area contributed by atoms with Crippen molar-refractivity contribution in [2.75, 3.05) is 0 Å². The summed E-state index contributed by atoms with van der Waals surface area (Å²) in [6.45, 7) is -4.91. The largest absolute Gasteiger partial charge is 1.00 e. The van der Waals surface area contributed by atoms with Crippen molar-refractivity contribution in [1.29, 1.82) is 0 Å². The van der Waals surface area contributed by atoms with E-state index in [1.165, 1.54) is 13.1 Å². The van der Waals surface area contributed by atoms with Crippen LogP contribution in [0, 0.1) is 0 Å². The second kappa shape index (κ2) is 4.29. The summed E-state index contributed by atoms with van der Waals surface area (Å²) >= 11 is 0. The zero-order chi connectivity index (χ0) is 9.64. The van der Waals surface area contributed by atoms with Gasteiger partial charge in [-0.15, -0.1) is 0 Å². The minimum absolute atomic E-state index is 0. The maximum atomic E-state index is 12.3. The minimum atomic E-state index is -4.91. The fourth-order valence-corrected chi connectivity index (χ4v) is 1.39. The van der Waals surface area contributed by atoms with E-state index in [4.69, 9.17) is 0 Å². The summed E-state index contributed by atoms with van der Waals surface area (Å²) < 4.78 is 38.0. The average molecular weight is 228 g/mol. The van der Waals surface area contributed by atoms with Crippen molar-refractivity contribution in [2.45, 2.75) is 18.8 Å². The molecule has 0 saturated heterocycles. The van der Waals surface area contributed by atoms with E-state index in [1.54, 1.807) is 0 Å². The quantitative estimate of drug-likeness (QED) is 0.555. The molecule has 0 bridgehead atoms. The smallest absolute Gasteiger partial charge is 0.444 e. The summed E-state index contributed by atoms with van der Waals surface area (Å²) in [4.78, 5) is 0. The molecular weight excluding hydrogens is 219 g/mol. The zero-order valence-corrected chi connectivity index (χ0v) is 11.3. The summed E-state index contributed by atoms with van der Waals surface area (Å²) in [6, 6.07) is 1.18. The first-order chi connectivity index (χ1) is 5.98. The summed E-state index contributed by atoms with van der Waals surface area (Å²) in [5, 5.41) is 3.85. The molecule has 7 heteroatoms. The molecule has 0 radical (unpaired) electrons. The molecule has 72 valence electrons. The van der Waals surface area contributed by atoms with Crippen molar-refractivity contribution in [3.63, 3.8) is 0 Å². The molecule has 1 aromatic heterocycles. The van der Waals surface area contributed by atoms with Crippen LogP contribution in [0.4, 0.5) is 12.9 Å². The molecule has 14 heavy (non-hydrogen) atoms. The van der Waals surface area contributed by atoms with Crippen LogP contribution in [0.3, 0.4) is 0 Å². The van der Waals surface area contributed by atoms with E-state index in [0.717, 1.165) is 17.5 Å². The number of rotatable bonds is 2. The summed E-state index contributed by atoms with van der Waals surface area (Å²) in [5.74, 6) is 0.276. The Kier molecular flexibility index (Phi) is 3.91. The average Bonchev–Trinajstić information content (AvgIpc) is 2.73. The van der Waals surface area contributed by atoms with Crippen molar-refractivity contribution >= 4 is 12.6 Å². The molecule has 1 aromatic rings. The van der Waals surface area contributed by atoms with Gasteiger partial charge in [0.05, 0.1) is 5.69 Å². The Morgan fingerprint density at radius 1 is 1.43 bits per heavy atom.